The van der Waals surface area contributed by atoms with Crippen molar-refractivity contribution in [3.63, 3.8) is 0 Å². The number of thiophene rings is 1. The first-order valence-electron chi connectivity index (χ1n) is 8.50. The van der Waals surface area contributed by atoms with Gasteiger partial charge in [-0.2, -0.15) is 0 Å². The zero-order chi connectivity index (χ0) is 18.1. The van der Waals surface area contributed by atoms with Crippen LogP contribution < -0.4 is 5.32 Å². The minimum atomic E-state index is 0.0315. The molecule has 3 heterocycles. The number of nitrogens with one attached hydrogen (secondary N) is 1. The smallest absolute Gasteiger partial charge is 0.230 e. The van der Waals surface area contributed by atoms with Crippen molar-refractivity contribution in [2.45, 2.75) is 25.3 Å². The number of carbonyl (C=O) groups excluding carboxylic acids is 1. The van der Waals surface area contributed by atoms with E-state index < -0.39 is 0 Å². The molecule has 0 bridgehead atoms. The fraction of sp³-hybridized carbons (Fsp3) is 0.263. The molecule has 0 saturated heterocycles. The number of fused-ring (bicyclic) bond motifs is 4. The average molecular weight is 383 g/mol. The first-order valence-corrected chi connectivity index (χ1v) is 10.3. The Morgan fingerprint density at radius 1 is 1.27 bits per heavy atom. The van der Waals surface area contributed by atoms with Crippen LogP contribution in [0, 0.1) is 6.92 Å². The van der Waals surface area contributed by atoms with E-state index in [4.69, 9.17) is 4.98 Å². The van der Waals surface area contributed by atoms with Gasteiger partial charge in [-0.15, -0.1) is 11.3 Å². The highest BCUT2D eigenvalue weighted by Gasteiger charge is 2.14. The molecule has 7 heteroatoms. The highest BCUT2D eigenvalue weighted by atomic mass is 32.2. The molecule has 5 nitrogen and oxygen atoms in total. The van der Waals surface area contributed by atoms with Crippen LogP contribution in [0.3, 0.4) is 0 Å². The Morgan fingerprint density at radius 2 is 2.15 bits per heavy atom. The van der Waals surface area contributed by atoms with Gasteiger partial charge in [0.25, 0.3) is 0 Å². The van der Waals surface area contributed by atoms with Crippen molar-refractivity contribution in [2.24, 2.45) is 0 Å². The molecular formula is C19H18N4OS2. The van der Waals surface area contributed by atoms with Gasteiger partial charge in [-0.05, 0) is 31.0 Å². The molecule has 4 aromatic rings. The van der Waals surface area contributed by atoms with E-state index in [2.05, 4.69) is 46.5 Å². The fourth-order valence-corrected chi connectivity index (χ4v) is 4.82. The molecule has 0 radical (unpaired) electrons. The largest absolute Gasteiger partial charge is 0.355 e. The van der Waals surface area contributed by atoms with E-state index in [1.54, 1.807) is 17.7 Å². The van der Waals surface area contributed by atoms with E-state index >= 15 is 0 Å². The minimum absolute atomic E-state index is 0.0315. The molecule has 1 amide bonds. The molecule has 0 fully saturated rings. The van der Waals surface area contributed by atoms with Gasteiger partial charge in [0.15, 0.2) is 0 Å². The molecule has 0 unspecified atom stereocenters. The van der Waals surface area contributed by atoms with Gasteiger partial charge in [-0.1, -0.05) is 30.8 Å². The van der Waals surface area contributed by atoms with Crippen molar-refractivity contribution in [1.29, 1.82) is 0 Å². The third kappa shape index (κ3) is 3.24. The number of benzene rings is 1. The molecule has 0 aliphatic carbocycles. The summed E-state index contributed by atoms with van der Waals surface area (Å²) in [6, 6.07) is 8.43. The summed E-state index contributed by atoms with van der Waals surface area (Å²) in [4.78, 5) is 26.5. The van der Waals surface area contributed by atoms with Crippen LogP contribution in [-0.2, 0) is 4.79 Å². The molecule has 0 aliphatic rings. The van der Waals surface area contributed by atoms with Crippen molar-refractivity contribution < 1.29 is 4.79 Å². The summed E-state index contributed by atoms with van der Waals surface area (Å²) in [5.74, 6) is 0.388. The van der Waals surface area contributed by atoms with E-state index in [9.17, 15) is 4.79 Å². The maximum Gasteiger partial charge on any atom is 0.230 e. The molecular weight excluding hydrogens is 364 g/mol. The monoisotopic (exact) mass is 382 g/mol. The van der Waals surface area contributed by atoms with Crippen molar-refractivity contribution in [1.82, 2.24) is 20.3 Å². The van der Waals surface area contributed by atoms with Crippen molar-refractivity contribution in [3.05, 3.63) is 36.2 Å². The molecule has 4 rings (SSSR count). The molecule has 0 saturated carbocycles. The maximum absolute atomic E-state index is 11.9. The minimum Gasteiger partial charge on any atom is -0.355 e. The summed E-state index contributed by atoms with van der Waals surface area (Å²) >= 11 is 3.04. The van der Waals surface area contributed by atoms with Gasteiger partial charge in [0.05, 0.1) is 21.5 Å². The number of carbonyl (C=O) groups is 1. The quantitative estimate of drug-likeness (QED) is 0.411. The van der Waals surface area contributed by atoms with E-state index in [1.165, 1.54) is 17.3 Å². The maximum atomic E-state index is 11.9. The predicted molar refractivity (Wildman–Crippen MR) is 109 cm³/mol. The predicted octanol–water partition coefficient (Wildman–Crippen LogP) is 4.32. The van der Waals surface area contributed by atoms with Crippen molar-refractivity contribution in [3.8, 4) is 0 Å². The van der Waals surface area contributed by atoms with Gasteiger partial charge >= 0.3 is 0 Å². The second-order valence-corrected chi connectivity index (χ2v) is 8.10. The van der Waals surface area contributed by atoms with Crippen LogP contribution in [-0.4, -0.2) is 33.2 Å². The highest BCUT2D eigenvalue weighted by molar-refractivity contribution is 8.00. The van der Waals surface area contributed by atoms with E-state index in [-0.39, 0.29) is 5.91 Å². The number of amides is 1. The molecule has 0 spiro atoms. The van der Waals surface area contributed by atoms with Gasteiger partial charge < -0.3 is 5.32 Å². The molecule has 0 atom stereocenters. The summed E-state index contributed by atoms with van der Waals surface area (Å²) in [5, 5.41) is 5.88. The average Bonchev–Trinajstić information content (AvgIpc) is 3.00. The number of hydrogen-bond acceptors (Lipinski definition) is 6. The van der Waals surface area contributed by atoms with Crippen LogP contribution in [0.25, 0.3) is 31.3 Å². The third-order valence-electron chi connectivity index (χ3n) is 4.08. The molecule has 1 N–H and O–H groups in total. The van der Waals surface area contributed by atoms with Crippen molar-refractivity contribution in [2.75, 3.05) is 12.3 Å². The summed E-state index contributed by atoms with van der Waals surface area (Å²) in [7, 11) is 0. The number of rotatable bonds is 5. The van der Waals surface area contributed by atoms with Crippen molar-refractivity contribution >= 4 is 60.3 Å². The second-order valence-electron chi connectivity index (χ2n) is 6.13. The van der Waals surface area contributed by atoms with Crippen LogP contribution in [0.15, 0.2) is 35.6 Å². The van der Waals surface area contributed by atoms with Gasteiger partial charge in [0.1, 0.15) is 16.2 Å². The Bertz CT molecular complexity index is 1120. The lowest BCUT2D eigenvalue weighted by Gasteiger charge is -2.03. The Kier molecular flexibility index (Phi) is 4.74. The van der Waals surface area contributed by atoms with Crippen LogP contribution in [0.1, 0.15) is 18.9 Å². The number of hydrogen-bond donors (Lipinski definition) is 1. The first-order chi connectivity index (χ1) is 12.7. The Hall–Kier alpha value is -2.25. The van der Waals surface area contributed by atoms with Crippen LogP contribution >= 0.6 is 23.1 Å². The fourth-order valence-electron chi connectivity index (χ4n) is 2.80. The van der Waals surface area contributed by atoms with Crippen LogP contribution in [0.4, 0.5) is 0 Å². The topological polar surface area (TPSA) is 67.8 Å². The Balaban J connectivity index is 1.74. The number of nitrogens with zero attached hydrogens (tertiary/aromatic N) is 3. The summed E-state index contributed by atoms with van der Waals surface area (Å²) < 4.78 is 0.996. The van der Waals surface area contributed by atoms with E-state index in [0.717, 1.165) is 42.8 Å². The van der Waals surface area contributed by atoms with E-state index in [0.29, 0.717) is 12.3 Å². The molecule has 3 aromatic heterocycles. The molecule has 26 heavy (non-hydrogen) atoms. The number of thioether (sulfide) groups is 1. The lowest BCUT2D eigenvalue weighted by Crippen LogP contribution is -2.25. The number of pyridine rings is 1. The lowest BCUT2D eigenvalue weighted by atomic mass is 10.1. The molecule has 1 aromatic carbocycles. The standard InChI is InChI=1S/C19H18N4OS2/c1-3-6-20-15(24)9-25-19-17-16(21-10-22-19)13-8-12-5-4-11(2)7-14(12)23-18(13)26-17/h4-5,7-8,10H,3,6,9H2,1-2H3,(H,20,24). The Labute approximate surface area is 159 Å². The van der Waals surface area contributed by atoms with Gasteiger partial charge in [0, 0.05) is 17.3 Å². The molecule has 132 valence electrons. The van der Waals surface area contributed by atoms with E-state index in [1.807, 2.05) is 6.92 Å². The van der Waals surface area contributed by atoms with Gasteiger partial charge in [-0.25, -0.2) is 15.0 Å². The molecule has 0 aliphatic heterocycles. The van der Waals surface area contributed by atoms with Gasteiger partial charge in [-0.3, -0.25) is 4.79 Å². The second kappa shape index (κ2) is 7.17. The summed E-state index contributed by atoms with van der Waals surface area (Å²) in [6.45, 7) is 4.81. The highest BCUT2D eigenvalue weighted by Crippen LogP contribution is 2.37. The third-order valence-corrected chi connectivity index (χ3v) is 6.29. The SMILES string of the molecule is CCCNC(=O)CSc1ncnc2c1sc1nc3cc(C)ccc3cc12. The summed E-state index contributed by atoms with van der Waals surface area (Å²) in [6.07, 6.45) is 2.50. The lowest BCUT2D eigenvalue weighted by molar-refractivity contribution is -0.118. The zero-order valence-corrected chi connectivity index (χ0v) is 16.2. The zero-order valence-electron chi connectivity index (χ0n) is 14.6. The Morgan fingerprint density at radius 3 is 3.00 bits per heavy atom. The normalized spacial score (nSPS) is 11.5. The number of aromatic nitrogens is 3. The van der Waals surface area contributed by atoms with Crippen LogP contribution in [0.5, 0.6) is 0 Å². The summed E-state index contributed by atoms with van der Waals surface area (Å²) in [5.41, 5.74) is 3.09. The first kappa shape index (κ1) is 17.2. The van der Waals surface area contributed by atoms with Crippen LogP contribution in [0.2, 0.25) is 0 Å². The number of aryl methyl sites for hydroxylation is 1. The van der Waals surface area contributed by atoms with Gasteiger partial charge in [0.2, 0.25) is 5.91 Å².